The Bertz CT molecular complexity index is 717. The standard InChI is InChI=1S/C13H18N6O3/c1-8(13(20)14-11-5-6-17(4)16-11)7-18-10(3)12(19(21)22)9(2)15-18/h5-6,8H,7H2,1-4H3,(H,14,16,20). The van der Waals surface area contributed by atoms with Crippen LogP contribution >= 0.6 is 0 Å². The fraction of sp³-hybridized carbons (Fsp3) is 0.462. The van der Waals surface area contributed by atoms with Crippen LogP contribution in [0, 0.1) is 29.9 Å². The van der Waals surface area contributed by atoms with Crippen LogP contribution in [0.4, 0.5) is 11.5 Å². The minimum Gasteiger partial charge on any atom is -0.309 e. The topological polar surface area (TPSA) is 108 Å². The van der Waals surface area contributed by atoms with E-state index in [1.807, 2.05) is 0 Å². The summed E-state index contributed by atoms with van der Waals surface area (Å²) in [7, 11) is 1.76. The summed E-state index contributed by atoms with van der Waals surface area (Å²) in [5.41, 5.74) is 0.789. The van der Waals surface area contributed by atoms with Crippen LogP contribution in [0.25, 0.3) is 0 Å². The van der Waals surface area contributed by atoms with Gasteiger partial charge in [0.1, 0.15) is 11.4 Å². The summed E-state index contributed by atoms with van der Waals surface area (Å²) in [6, 6.07) is 1.69. The third-order valence-corrected chi connectivity index (χ3v) is 3.39. The molecule has 1 amide bonds. The van der Waals surface area contributed by atoms with Crippen molar-refractivity contribution in [3.05, 3.63) is 33.8 Å². The van der Waals surface area contributed by atoms with E-state index in [-0.39, 0.29) is 18.1 Å². The molecule has 0 spiro atoms. The molecule has 2 heterocycles. The van der Waals surface area contributed by atoms with Gasteiger partial charge in [-0.3, -0.25) is 24.3 Å². The number of hydrogen-bond donors (Lipinski definition) is 1. The Morgan fingerprint density at radius 2 is 2.14 bits per heavy atom. The van der Waals surface area contributed by atoms with Crippen LogP contribution in [0.5, 0.6) is 0 Å². The third-order valence-electron chi connectivity index (χ3n) is 3.39. The van der Waals surface area contributed by atoms with Crippen LogP contribution in [-0.2, 0) is 18.4 Å². The van der Waals surface area contributed by atoms with Gasteiger partial charge in [-0.25, -0.2) is 0 Å². The summed E-state index contributed by atoms with van der Waals surface area (Å²) in [6.45, 7) is 5.21. The molecular weight excluding hydrogens is 288 g/mol. The lowest BCUT2D eigenvalue weighted by Gasteiger charge is -2.11. The normalized spacial score (nSPS) is 12.2. The zero-order valence-corrected chi connectivity index (χ0v) is 12.9. The van der Waals surface area contributed by atoms with Gasteiger partial charge in [-0.1, -0.05) is 6.92 Å². The largest absolute Gasteiger partial charge is 0.312 e. The molecule has 118 valence electrons. The summed E-state index contributed by atoms with van der Waals surface area (Å²) in [4.78, 5) is 22.7. The number of aryl methyl sites for hydroxylation is 2. The summed E-state index contributed by atoms with van der Waals surface area (Å²) in [6.07, 6.45) is 1.73. The number of rotatable bonds is 5. The molecule has 0 saturated heterocycles. The third kappa shape index (κ3) is 3.13. The van der Waals surface area contributed by atoms with E-state index in [9.17, 15) is 14.9 Å². The fourth-order valence-electron chi connectivity index (χ4n) is 2.20. The fourth-order valence-corrected chi connectivity index (χ4v) is 2.20. The molecule has 9 nitrogen and oxygen atoms in total. The van der Waals surface area contributed by atoms with Crippen molar-refractivity contribution < 1.29 is 9.72 Å². The highest BCUT2D eigenvalue weighted by atomic mass is 16.6. The summed E-state index contributed by atoms with van der Waals surface area (Å²) >= 11 is 0. The Morgan fingerprint density at radius 1 is 1.45 bits per heavy atom. The van der Waals surface area contributed by atoms with Crippen LogP contribution in [0.2, 0.25) is 0 Å². The highest BCUT2D eigenvalue weighted by molar-refractivity contribution is 5.91. The lowest BCUT2D eigenvalue weighted by Crippen LogP contribution is -2.25. The second kappa shape index (κ2) is 5.96. The van der Waals surface area contributed by atoms with Gasteiger partial charge in [0.15, 0.2) is 5.82 Å². The van der Waals surface area contributed by atoms with Gasteiger partial charge in [-0.15, -0.1) is 0 Å². The summed E-state index contributed by atoms with van der Waals surface area (Å²) in [5.74, 6) is -0.146. The Balaban J connectivity index is 2.08. The minimum atomic E-state index is -0.452. The minimum absolute atomic E-state index is 0.00247. The number of carbonyl (C=O) groups excluding carboxylic acids is 1. The van der Waals surface area contributed by atoms with Crippen LogP contribution < -0.4 is 5.32 Å². The van der Waals surface area contributed by atoms with Gasteiger partial charge in [-0.05, 0) is 13.8 Å². The smallest absolute Gasteiger partial charge is 0.309 e. The second-order valence-electron chi connectivity index (χ2n) is 5.22. The van der Waals surface area contributed by atoms with E-state index in [4.69, 9.17) is 0 Å². The maximum atomic E-state index is 12.1. The van der Waals surface area contributed by atoms with Crippen LogP contribution in [0.1, 0.15) is 18.3 Å². The first-order chi connectivity index (χ1) is 10.3. The van der Waals surface area contributed by atoms with E-state index in [1.165, 1.54) is 4.68 Å². The summed E-state index contributed by atoms with van der Waals surface area (Å²) in [5, 5.41) is 21.9. The van der Waals surface area contributed by atoms with Crippen molar-refractivity contribution in [1.82, 2.24) is 19.6 Å². The summed E-state index contributed by atoms with van der Waals surface area (Å²) < 4.78 is 3.08. The number of amides is 1. The Hall–Kier alpha value is -2.71. The van der Waals surface area contributed by atoms with Crippen molar-refractivity contribution in [2.45, 2.75) is 27.3 Å². The molecule has 2 rings (SSSR count). The van der Waals surface area contributed by atoms with Crippen LogP contribution in [-0.4, -0.2) is 30.4 Å². The van der Waals surface area contributed by atoms with Gasteiger partial charge in [-0.2, -0.15) is 10.2 Å². The molecular formula is C13H18N6O3. The Kier molecular flexibility index (Phi) is 4.25. The molecule has 0 aliphatic heterocycles. The van der Waals surface area contributed by atoms with Crippen molar-refractivity contribution in [3.63, 3.8) is 0 Å². The van der Waals surface area contributed by atoms with Gasteiger partial charge in [0, 0.05) is 19.3 Å². The molecule has 0 aromatic carbocycles. The second-order valence-corrected chi connectivity index (χ2v) is 5.22. The van der Waals surface area contributed by atoms with E-state index < -0.39 is 10.8 Å². The van der Waals surface area contributed by atoms with Crippen LogP contribution in [0.3, 0.4) is 0 Å². The molecule has 1 unspecified atom stereocenters. The van der Waals surface area contributed by atoms with E-state index in [0.717, 1.165) is 0 Å². The zero-order chi connectivity index (χ0) is 16.4. The van der Waals surface area contributed by atoms with Gasteiger partial charge in [0.05, 0.1) is 17.4 Å². The number of nitro groups is 1. The maximum Gasteiger partial charge on any atom is 0.312 e. The highest BCUT2D eigenvalue weighted by Crippen LogP contribution is 2.22. The predicted octanol–water partition coefficient (Wildman–Crippen LogP) is 1.42. The van der Waals surface area contributed by atoms with E-state index >= 15 is 0 Å². The van der Waals surface area contributed by atoms with Gasteiger partial charge in [0.2, 0.25) is 5.91 Å². The molecule has 0 aliphatic rings. The highest BCUT2D eigenvalue weighted by Gasteiger charge is 2.24. The molecule has 2 aromatic rings. The molecule has 0 radical (unpaired) electrons. The number of carbonyl (C=O) groups is 1. The van der Waals surface area contributed by atoms with Crippen molar-refractivity contribution in [2.24, 2.45) is 13.0 Å². The number of hydrogen-bond acceptors (Lipinski definition) is 5. The number of aromatic nitrogens is 4. The molecule has 22 heavy (non-hydrogen) atoms. The van der Waals surface area contributed by atoms with Crippen molar-refractivity contribution >= 4 is 17.4 Å². The molecule has 0 aliphatic carbocycles. The first-order valence-electron chi connectivity index (χ1n) is 6.78. The predicted molar refractivity (Wildman–Crippen MR) is 79.4 cm³/mol. The number of nitrogens with zero attached hydrogens (tertiary/aromatic N) is 5. The monoisotopic (exact) mass is 306 g/mol. The molecule has 1 atom stereocenters. The van der Waals surface area contributed by atoms with Gasteiger partial charge >= 0.3 is 5.69 Å². The van der Waals surface area contributed by atoms with Crippen molar-refractivity contribution in [3.8, 4) is 0 Å². The van der Waals surface area contributed by atoms with Gasteiger partial charge in [0.25, 0.3) is 0 Å². The molecule has 1 N–H and O–H groups in total. The van der Waals surface area contributed by atoms with Crippen molar-refractivity contribution in [2.75, 3.05) is 5.32 Å². The first kappa shape index (κ1) is 15.7. The van der Waals surface area contributed by atoms with E-state index in [2.05, 4.69) is 15.5 Å². The maximum absolute atomic E-state index is 12.1. The quantitative estimate of drug-likeness (QED) is 0.664. The van der Waals surface area contributed by atoms with E-state index in [1.54, 1.807) is 44.8 Å². The van der Waals surface area contributed by atoms with Gasteiger partial charge < -0.3 is 5.32 Å². The lowest BCUT2D eigenvalue weighted by molar-refractivity contribution is -0.386. The number of nitrogens with one attached hydrogen (secondary N) is 1. The Morgan fingerprint density at radius 3 is 2.64 bits per heavy atom. The molecule has 9 heteroatoms. The Labute approximate surface area is 127 Å². The van der Waals surface area contributed by atoms with Crippen LogP contribution in [0.15, 0.2) is 12.3 Å². The lowest BCUT2D eigenvalue weighted by atomic mass is 10.1. The SMILES string of the molecule is Cc1nn(CC(C)C(=O)Nc2ccn(C)n2)c(C)c1[N+](=O)[O-]. The first-order valence-corrected chi connectivity index (χ1v) is 6.78. The number of anilines is 1. The van der Waals surface area contributed by atoms with Crippen molar-refractivity contribution in [1.29, 1.82) is 0 Å². The molecule has 0 bridgehead atoms. The zero-order valence-electron chi connectivity index (χ0n) is 12.9. The average molecular weight is 306 g/mol. The molecule has 0 fully saturated rings. The molecule has 0 saturated carbocycles. The average Bonchev–Trinajstić information content (AvgIpc) is 2.93. The molecule has 2 aromatic heterocycles. The van der Waals surface area contributed by atoms with E-state index in [0.29, 0.717) is 17.2 Å².